The molecular formula is C21H24N2O2S. The number of amides is 2. The van der Waals surface area contributed by atoms with Gasteiger partial charge in [0.05, 0.1) is 6.42 Å². The van der Waals surface area contributed by atoms with Crippen LogP contribution in [0.25, 0.3) is 0 Å². The number of hydrogen-bond acceptors (Lipinski definition) is 3. The molecule has 1 atom stereocenters. The molecule has 1 saturated heterocycles. The van der Waals surface area contributed by atoms with Crippen molar-refractivity contribution in [2.24, 2.45) is 0 Å². The Hall–Kier alpha value is -2.14. The zero-order chi connectivity index (χ0) is 18.1. The highest BCUT2D eigenvalue weighted by Gasteiger charge is 2.59. The van der Waals surface area contributed by atoms with Crippen molar-refractivity contribution in [3.8, 4) is 0 Å². The van der Waals surface area contributed by atoms with E-state index in [1.54, 1.807) is 16.2 Å². The van der Waals surface area contributed by atoms with Crippen LogP contribution in [-0.4, -0.2) is 17.9 Å². The van der Waals surface area contributed by atoms with E-state index in [0.717, 1.165) is 41.8 Å². The molecule has 1 aromatic heterocycles. The van der Waals surface area contributed by atoms with Crippen molar-refractivity contribution in [2.75, 3.05) is 4.90 Å². The highest BCUT2D eigenvalue weighted by molar-refractivity contribution is 7.10. The van der Waals surface area contributed by atoms with Gasteiger partial charge in [-0.3, -0.25) is 14.5 Å². The molecule has 0 radical (unpaired) electrons. The Balaban J connectivity index is 1.69. The molecule has 136 valence electrons. The molecule has 4 nitrogen and oxygen atoms in total. The maximum atomic E-state index is 13.4. The molecule has 2 amide bonds. The second-order valence-corrected chi connectivity index (χ2v) is 8.34. The molecular weight excluding hydrogens is 344 g/mol. The van der Waals surface area contributed by atoms with Gasteiger partial charge in [0.1, 0.15) is 0 Å². The Bertz CT molecular complexity index is 794. The number of thiophene rings is 1. The first-order valence-electron chi connectivity index (χ1n) is 9.36. The minimum atomic E-state index is -0.905. The zero-order valence-electron chi connectivity index (χ0n) is 15.0. The van der Waals surface area contributed by atoms with E-state index >= 15 is 0 Å². The lowest BCUT2D eigenvalue weighted by Crippen LogP contribution is -2.69. The topological polar surface area (TPSA) is 49.4 Å². The molecule has 2 fully saturated rings. The van der Waals surface area contributed by atoms with E-state index in [2.05, 4.69) is 5.32 Å². The van der Waals surface area contributed by atoms with Gasteiger partial charge in [0.25, 0.3) is 5.91 Å². The Morgan fingerprint density at radius 3 is 2.50 bits per heavy atom. The number of nitrogens with zero attached hydrogens (tertiary/aromatic N) is 1. The molecule has 1 aliphatic heterocycles. The first kappa shape index (κ1) is 17.3. The Morgan fingerprint density at radius 2 is 1.88 bits per heavy atom. The van der Waals surface area contributed by atoms with E-state index in [9.17, 15) is 9.59 Å². The molecule has 0 bridgehead atoms. The molecule has 0 spiro atoms. The minimum absolute atomic E-state index is 0.000970. The fourth-order valence-corrected chi connectivity index (χ4v) is 5.03. The van der Waals surface area contributed by atoms with Crippen molar-refractivity contribution < 1.29 is 9.59 Å². The average Bonchev–Trinajstić information content (AvgIpc) is 3.16. The third-order valence-corrected chi connectivity index (χ3v) is 6.60. The zero-order valence-corrected chi connectivity index (χ0v) is 15.8. The van der Waals surface area contributed by atoms with E-state index in [4.69, 9.17) is 0 Å². The second kappa shape index (κ2) is 6.88. The van der Waals surface area contributed by atoms with Crippen LogP contribution in [0, 0.1) is 6.92 Å². The van der Waals surface area contributed by atoms with Crippen molar-refractivity contribution >= 4 is 28.8 Å². The summed E-state index contributed by atoms with van der Waals surface area (Å²) in [6, 6.07) is 12.0. The van der Waals surface area contributed by atoms with Crippen LogP contribution < -0.4 is 10.2 Å². The van der Waals surface area contributed by atoms with Crippen molar-refractivity contribution in [1.29, 1.82) is 0 Å². The highest BCUT2D eigenvalue weighted by atomic mass is 32.1. The van der Waals surface area contributed by atoms with Crippen LogP contribution in [0.5, 0.6) is 0 Å². The van der Waals surface area contributed by atoms with Gasteiger partial charge in [0, 0.05) is 16.6 Å². The smallest absolute Gasteiger partial charge is 0.252 e. The molecule has 5 heteroatoms. The van der Waals surface area contributed by atoms with Gasteiger partial charge in [0.15, 0.2) is 5.54 Å². The Kier molecular flexibility index (Phi) is 4.57. The summed E-state index contributed by atoms with van der Waals surface area (Å²) in [4.78, 5) is 28.6. The maximum absolute atomic E-state index is 13.4. The normalized spacial score (nSPS) is 23.6. The monoisotopic (exact) mass is 368 g/mol. The summed E-state index contributed by atoms with van der Waals surface area (Å²) in [6.07, 6.45) is 5.88. The van der Waals surface area contributed by atoms with Crippen LogP contribution in [0.15, 0.2) is 41.8 Å². The number of nitrogens with one attached hydrogen (secondary N) is 1. The van der Waals surface area contributed by atoms with Gasteiger partial charge in [-0.05, 0) is 43.3 Å². The highest BCUT2D eigenvalue weighted by Crippen LogP contribution is 2.47. The fourth-order valence-electron chi connectivity index (χ4n) is 4.11. The van der Waals surface area contributed by atoms with Gasteiger partial charge in [-0.15, -0.1) is 11.3 Å². The molecule has 0 unspecified atom stereocenters. The maximum Gasteiger partial charge on any atom is 0.252 e. The number of carbonyl (C=O) groups excluding carboxylic acids is 2. The van der Waals surface area contributed by atoms with E-state index in [1.807, 2.05) is 48.7 Å². The van der Waals surface area contributed by atoms with Gasteiger partial charge >= 0.3 is 0 Å². The molecule has 1 aromatic carbocycles. The first-order valence-corrected chi connectivity index (χ1v) is 10.2. The standard InChI is InChI=1S/C21H24N2O2S/c1-15-9-11-17(12-10-15)23-19(24)14-21(23,18-8-5-13-26-18)20(25)22-16-6-3-2-4-7-16/h5,8-13,16H,2-4,6-7,14H2,1H3,(H,22,25)/t21-/m0/s1. The van der Waals surface area contributed by atoms with Crippen LogP contribution in [0.2, 0.25) is 0 Å². The van der Waals surface area contributed by atoms with Crippen molar-refractivity contribution in [3.63, 3.8) is 0 Å². The summed E-state index contributed by atoms with van der Waals surface area (Å²) in [5.74, 6) is -0.0342. The van der Waals surface area contributed by atoms with Crippen molar-refractivity contribution in [1.82, 2.24) is 5.32 Å². The summed E-state index contributed by atoms with van der Waals surface area (Å²) in [5.41, 5.74) is 1.02. The molecule has 2 heterocycles. The van der Waals surface area contributed by atoms with Crippen LogP contribution >= 0.6 is 11.3 Å². The van der Waals surface area contributed by atoms with Gasteiger partial charge in [-0.1, -0.05) is 43.0 Å². The number of rotatable bonds is 4. The predicted molar refractivity (Wildman–Crippen MR) is 104 cm³/mol. The van der Waals surface area contributed by atoms with Crippen LogP contribution in [0.3, 0.4) is 0 Å². The average molecular weight is 369 g/mol. The molecule has 1 aliphatic carbocycles. The molecule has 2 aromatic rings. The van der Waals surface area contributed by atoms with E-state index < -0.39 is 5.54 Å². The van der Waals surface area contributed by atoms with E-state index in [-0.39, 0.29) is 24.3 Å². The second-order valence-electron chi connectivity index (χ2n) is 7.39. The van der Waals surface area contributed by atoms with E-state index in [0.29, 0.717) is 0 Å². The molecule has 2 aliphatic rings. The molecule has 26 heavy (non-hydrogen) atoms. The SMILES string of the molecule is Cc1ccc(N2C(=O)C[C@@]2(C(=O)NC2CCCCC2)c2cccs2)cc1. The van der Waals surface area contributed by atoms with E-state index in [1.165, 1.54) is 6.42 Å². The first-order chi connectivity index (χ1) is 12.6. The van der Waals surface area contributed by atoms with Crippen LogP contribution in [0.1, 0.15) is 49.0 Å². The van der Waals surface area contributed by atoms with Crippen LogP contribution in [0.4, 0.5) is 5.69 Å². The van der Waals surface area contributed by atoms with Crippen molar-refractivity contribution in [2.45, 2.75) is 57.0 Å². The third-order valence-electron chi connectivity index (χ3n) is 5.58. The van der Waals surface area contributed by atoms with Gasteiger partial charge in [-0.25, -0.2) is 0 Å². The summed E-state index contributed by atoms with van der Waals surface area (Å²) in [5, 5.41) is 5.23. The molecule has 1 saturated carbocycles. The van der Waals surface area contributed by atoms with Crippen molar-refractivity contribution in [3.05, 3.63) is 52.2 Å². The summed E-state index contributed by atoms with van der Waals surface area (Å²) >= 11 is 1.54. The number of benzene rings is 1. The number of anilines is 1. The largest absolute Gasteiger partial charge is 0.351 e. The molecule has 1 N–H and O–H groups in total. The molecule has 4 rings (SSSR count). The lowest BCUT2D eigenvalue weighted by molar-refractivity contribution is -0.140. The number of hydrogen-bond donors (Lipinski definition) is 1. The predicted octanol–water partition coefficient (Wildman–Crippen LogP) is 4.14. The lowest BCUT2D eigenvalue weighted by Gasteiger charge is -2.50. The Morgan fingerprint density at radius 1 is 1.15 bits per heavy atom. The lowest BCUT2D eigenvalue weighted by atomic mass is 9.80. The third kappa shape index (κ3) is 2.84. The Labute approximate surface area is 158 Å². The number of carbonyl (C=O) groups is 2. The number of β-lactam (4-membered cyclic amide) rings is 1. The summed E-state index contributed by atoms with van der Waals surface area (Å²) in [6.45, 7) is 2.02. The fraction of sp³-hybridized carbons (Fsp3) is 0.429. The summed E-state index contributed by atoms with van der Waals surface area (Å²) < 4.78 is 0. The van der Waals surface area contributed by atoms with Crippen LogP contribution in [-0.2, 0) is 15.1 Å². The summed E-state index contributed by atoms with van der Waals surface area (Å²) in [7, 11) is 0. The quantitative estimate of drug-likeness (QED) is 0.825. The number of aryl methyl sites for hydroxylation is 1. The van der Waals surface area contributed by atoms with Gasteiger partial charge in [0.2, 0.25) is 5.91 Å². The van der Waals surface area contributed by atoms with Gasteiger partial charge < -0.3 is 5.32 Å². The minimum Gasteiger partial charge on any atom is -0.351 e. The van der Waals surface area contributed by atoms with Gasteiger partial charge in [-0.2, -0.15) is 0 Å².